The molecule has 1 amide bonds. The first-order chi connectivity index (χ1) is 14.2. The molecule has 1 aromatic heterocycles. The third kappa shape index (κ3) is 5.59. The Balaban J connectivity index is 0.00000256. The number of hydrogen-bond acceptors (Lipinski definition) is 5. The number of nitrogens with two attached hydrogens (primary N) is 1. The first-order valence-electron chi connectivity index (χ1n) is 10.2. The van der Waals surface area contributed by atoms with Gasteiger partial charge in [0.2, 0.25) is 11.9 Å². The molecule has 1 aliphatic carbocycles. The molecule has 30 heavy (non-hydrogen) atoms. The van der Waals surface area contributed by atoms with Gasteiger partial charge in [0, 0.05) is 50.7 Å². The van der Waals surface area contributed by atoms with Crippen LogP contribution in [0.3, 0.4) is 0 Å². The Morgan fingerprint density at radius 2 is 1.83 bits per heavy atom. The maximum atomic E-state index is 12.5. The summed E-state index contributed by atoms with van der Waals surface area (Å²) < 4.78 is 0. The second-order valence-corrected chi connectivity index (χ2v) is 7.40. The molecule has 0 atom stereocenters. The SMILES string of the molecule is I.NC(=NCCC(=O)N1CCN(c2ncccn2)CC1)Nc1ccc2c(c1)CCC2. The number of fused-ring (bicyclic) bond motifs is 1. The minimum Gasteiger partial charge on any atom is -0.370 e. The van der Waals surface area contributed by atoms with Crippen molar-refractivity contribution in [2.75, 3.05) is 42.9 Å². The number of benzene rings is 1. The number of amides is 1. The number of carbonyl (C=O) groups is 1. The van der Waals surface area contributed by atoms with Gasteiger partial charge in [0.1, 0.15) is 0 Å². The van der Waals surface area contributed by atoms with Crippen LogP contribution in [0.25, 0.3) is 0 Å². The van der Waals surface area contributed by atoms with Gasteiger partial charge in [0.25, 0.3) is 0 Å². The monoisotopic (exact) mass is 521 g/mol. The molecule has 160 valence electrons. The van der Waals surface area contributed by atoms with Gasteiger partial charge < -0.3 is 20.9 Å². The van der Waals surface area contributed by atoms with Gasteiger partial charge in [-0.2, -0.15) is 0 Å². The second-order valence-electron chi connectivity index (χ2n) is 7.40. The zero-order valence-corrected chi connectivity index (χ0v) is 19.3. The molecule has 2 heterocycles. The van der Waals surface area contributed by atoms with Gasteiger partial charge in [-0.1, -0.05) is 6.07 Å². The van der Waals surface area contributed by atoms with Crippen LogP contribution in [0.1, 0.15) is 24.0 Å². The minimum absolute atomic E-state index is 0. The molecule has 0 spiro atoms. The van der Waals surface area contributed by atoms with Crippen LogP contribution in [-0.4, -0.2) is 59.5 Å². The number of piperazine rings is 1. The molecule has 9 heteroatoms. The van der Waals surface area contributed by atoms with Crippen molar-refractivity contribution in [3.8, 4) is 0 Å². The number of carbonyl (C=O) groups excluding carboxylic acids is 1. The Labute approximate surface area is 194 Å². The normalized spacial score (nSPS) is 16.1. The summed E-state index contributed by atoms with van der Waals surface area (Å²) in [7, 11) is 0. The van der Waals surface area contributed by atoms with Gasteiger partial charge in [-0.15, -0.1) is 24.0 Å². The lowest BCUT2D eigenvalue weighted by atomic mass is 10.1. The number of hydrogen-bond donors (Lipinski definition) is 2. The fourth-order valence-corrected chi connectivity index (χ4v) is 3.88. The zero-order valence-electron chi connectivity index (χ0n) is 17.0. The molecule has 8 nitrogen and oxygen atoms in total. The van der Waals surface area contributed by atoms with Crippen molar-refractivity contribution in [2.24, 2.45) is 10.7 Å². The summed E-state index contributed by atoms with van der Waals surface area (Å²) in [6.07, 6.45) is 7.33. The number of nitrogens with zero attached hydrogens (tertiary/aromatic N) is 5. The molecular formula is C21H28IN7O. The summed E-state index contributed by atoms with van der Waals surface area (Å²) in [5.74, 6) is 1.17. The summed E-state index contributed by atoms with van der Waals surface area (Å²) in [4.78, 5) is 29.3. The maximum absolute atomic E-state index is 12.5. The number of guanidine groups is 1. The number of aliphatic imine (C=N–C) groups is 1. The number of aryl methyl sites for hydroxylation is 2. The van der Waals surface area contributed by atoms with E-state index >= 15 is 0 Å². The van der Waals surface area contributed by atoms with E-state index in [0.29, 0.717) is 32.0 Å². The molecule has 0 bridgehead atoms. The lowest BCUT2D eigenvalue weighted by molar-refractivity contribution is -0.131. The molecule has 1 aliphatic heterocycles. The molecule has 0 unspecified atom stereocenters. The van der Waals surface area contributed by atoms with E-state index in [0.717, 1.165) is 37.6 Å². The van der Waals surface area contributed by atoms with Gasteiger partial charge in [0.05, 0.1) is 6.54 Å². The van der Waals surface area contributed by atoms with Crippen LogP contribution in [0.2, 0.25) is 0 Å². The molecule has 2 aliphatic rings. The van der Waals surface area contributed by atoms with Gasteiger partial charge in [0.15, 0.2) is 5.96 Å². The van der Waals surface area contributed by atoms with Crippen molar-refractivity contribution < 1.29 is 4.79 Å². The van der Waals surface area contributed by atoms with Crippen molar-refractivity contribution in [1.29, 1.82) is 0 Å². The summed E-state index contributed by atoms with van der Waals surface area (Å²) in [6.45, 7) is 3.19. The third-order valence-electron chi connectivity index (χ3n) is 5.45. The molecule has 1 saturated heterocycles. The molecule has 3 N–H and O–H groups in total. The lowest BCUT2D eigenvalue weighted by Gasteiger charge is -2.34. The molecule has 2 aromatic rings. The summed E-state index contributed by atoms with van der Waals surface area (Å²) >= 11 is 0. The molecule has 4 rings (SSSR count). The van der Waals surface area contributed by atoms with E-state index in [2.05, 4.69) is 37.3 Å². The molecule has 1 aromatic carbocycles. The first-order valence-corrected chi connectivity index (χ1v) is 10.2. The predicted octanol–water partition coefficient (Wildman–Crippen LogP) is 2.05. The van der Waals surface area contributed by atoms with Gasteiger partial charge >= 0.3 is 0 Å². The Morgan fingerprint density at radius 1 is 1.10 bits per heavy atom. The summed E-state index contributed by atoms with van der Waals surface area (Å²) in [6, 6.07) is 8.13. The zero-order chi connectivity index (χ0) is 20.1. The summed E-state index contributed by atoms with van der Waals surface area (Å²) in [5.41, 5.74) is 9.76. The van der Waals surface area contributed by atoms with Crippen molar-refractivity contribution in [3.05, 3.63) is 47.8 Å². The van der Waals surface area contributed by atoms with Crippen LogP contribution in [0, 0.1) is 0 Å². The van der Waals surface area contributed by atoms with E-state index in [1.54, 1.807) is 18.5 Å². The van der Waals surface area contributed by atoms with Crippen LogP contribution in [0.5, 0.6) is 0 Å². The standard InChI is InChI=1S/C21H27N7O.HI/c22-20(26-18-6-5-16-3-1-4-17(16)15-18)23-10-7-19(29)27-11-13-28(14-12-27)21-24-8-2-9-25-21;/h2,5-6,8-9,15H,1,3-4,7,10-14H2,(H3,22,23,26);1H. The highest BCUT2D eigenvalue weighted by Crippen LogP contribution is 2.24. The number of halogens is 1. The van der Waals surface area contributed by atoms with Gasteiger partial charge in [-0.3, -0.25) is 9.79 Å². The number of anilines is 2. The van der Waals surface area contributed by atoms with Crippen molar-refractivity contribution in [3.63, 3.8) is 0 Å². The Kier molecular flexibility index (Phi) is 7.83. The quantitative estimate of drug-likeness (QED) is 0.355. The fourth-order valence-electron chi connectivity index (χ4n) is 3.88. The van der Waals surface area contributed by atoms with Crippen LogP contribution in [-0.2, 0) is 17.6 Å². The number of nitrogens with one attached hydrogen (secondary N) is 1. The smallest absolute Gasteiger partial charge is 0.225 e. The van der Waals surface area contributed by atoms with E-state index in [4.69, 9.17) is 5.73 Å². The Hall–Kier alpha value is -2.43. The first kappa shape index (κ1) is 22.3. The minimum atomic E-state index is 0. The highest BCUT2D eigenvalue weighted by atomic mass is 127. The third-order valence-corrected chi connectivity index (χ3v) is 5.45. The Bertz CT molecular complexity index is 882. The van der Waals surface area contributed by atoms with E-state index < -0.39 is 0 Å². The number of rotatable bonds is 5. The molecular weight excluding hydrogens is 493 g/mol. The molecule has 0 radical (unpaired) electrons. The van der Waals surface area contributed by atoms with E-state index in [1.165, 1.54) is 17.5 Å². The molecule has 0 saturated carbocycles. The Morgan fingerprint density at radius 3 is 2.60 bits per heavy atom. The lowest BCUT2D eigenvalue weighted by Crippen LogP contribution is -2.49. The average molecular weight is 521 g/mol. The van der Waals surface area contributed by atoms with Crippen molar-refractivity contribution in [2.45, 2.75) is 25.7 Å². The van der Waals surface area contributed by atoms with Gasteiger partial charge in [-0.25, -0.2) is 9.97 Å². The molecule has 1 fully saturated rings. The van der Waals surface area contributed by atoms with Crippen molar-refractivity contribution >= 4 is 47.5 Å². The number of aromatic nitrogens is 2. The summed E-state index contributed by atoms with van der Waals surface area (Å²) in [5, 5.41) is 3.13. The van der Waals surface area contributed by atoms with Gasteiger partial charge in [-0.05, 0) is 48.6 Å². The average Bonchev–Trinajstić information content (AvgIpc) is 3.22. The van der Waals surface area contributed by atoms with E-state index in [-0.39, 0.29) is 29.9 Å². The van der Waals surface area contributed by atoms with E-state index in [1.807, 2.05) is 11.0 Å². The largest absolute Gasteiger partial charge is 0.370 e. The second kappa shape index (κ2) is 10.6. The van der Waals surface area contributed by atoms with Crippen LogP contribution in [0.15, 0.2) is 41.7 Å². The van der Waals surface area contributed by atoms with Crippen LogP contribution >= 0.6 is 24.0 Å². The van der Waals surface area contributed by atoms with E-state index in [9.17, 15) is 4.79 Å². The van der Waals surface area contributed by atoms with Crippen molar-refractivity contribution in [1.82, 2.24) is 14.9 Å². The predicted molar refractivity (Wildman–Crippen MR) is 129 cm³/mol. The highest BCUT2D eigenvalue weighted by Gasteiger charge is 2.22. The highest BCUT2D eigenvalue weighted by molar-refractivity contribution is 14.0. The topological polar surface area (TPSA) is 99.7 Å². The fraction of sp³-hybridized carbons (Fsp3) is 0.429. The van der Waals surface area contributed by atoms with Crippen LogP contribution in [0.4, 0.5) is 11.6 Å². The maximum Gasteiger partial charge on any atom is 0.225 e. The van der Waals surface area contributed by atoms with Crippen LogP contribution < -0.4 is 16.0 Å².